The molecule has 1 aliphatic heterocycles. The van der Waals surface area contributed by atoms with Gasteiger partial charge in [-0.2, -0.15) is 4.98 Å². The summed E-state index contributed by atoms with van der Waals surface area (Å²) in [6, 6.07) is 7.94. The van der Waals surface area contributed by atoms with Crippen LogP contribution in [0.25, 0.3) is 11.4 Å². The molecule has 0 spiro atoms. The van der Waals surface area contributed by atoms with Crippen molar-refractivity contribution in [2.45, 2.75) is 44.7 Å². The highest BCUT2D eigenvalue weighted by molar-refractivity contribution is 5.85. The molecule has 1 aromatic heterocycles. The van der Waals surface area contributed by atoms with E-state index in [-0.39, 0.29) is 24.4 Å². The number of ether oxygens (including phenoxy) is 1. The molecule has 0 aliphatic carbocycles. The Morgan fingerprint density at radius 1 is 1.38 bits per heavy atom. The monoisotopic (exact) mass is 380 g/mol. The number of hydrogen-bond acceptors (Lipinski definition) is 6. The lowest BCUT2D eigenvalue weighted by Crippen LogP contribution is -2.51. The quantitative estimate of drug-likeness (QED) is 0.799. The van der Waals surface area contributed by atoms with E-state index in [2.05, 4.69) is 27.7 Å². The summed E-state index contributed by atoms with van der Waals surface area (Å²) >= 11 is 0. The van der Waals surface area contributed by atoms with E-state index < -0.39 is 0 Å². The first kappa shape index (κ1) is 20.2. The van der Waals surface area contributed by atoms with Crippen LogP contribution >= 0.6 is 12.4 Å². The van der Waals surface area contributed by atoms with Crippen molar-refractivity contribution in [2.75, 3.05) is 13.7 Å². The van der Waals surface area contributed by atoms with Gasteiger partial charge < -0.3 is 19.9 Å². The Morgan fingerprint density at radius 2 is 2.15 bits per heavy atom. The van der Waals surface area contributed by atoms with E-state index in [0.717, 1.165) is 30.7 Å². The minimum atomic E-state index is 0. The molecule has 26 heavy (non-hydrogen) atoms. The van der Waals surface area contributed by atoms with E-state index in [1.54, 1.807) is 7.11 Å². The second-order valence-electron chi connectivity index (χ2n) is 6.30. The van der Waals surface area contributed by atoms with Crippen molar-refractivity contribution in [1.29, 1.82) is 0 Å². The van der Waals surface area contributed by atoms with Gasteiger partial charge in [-0.05, 0) is 50.6 Å². The molecule has 8 heteroatoms. The first-order valence-electron chi connectivity index (χ1n) is 8.65. The number of carbonyl (C=O) groups excluding carboxylic acids is 1. The summed E-state index contributed by atoms with van der Waals surface area (Å²) in [4.78, 5) is 16.5. The molecule has 1 saturated heterocycles. The molecule has 3 rings (SSSR count). The fourth-order valence-corrected chi connectivity index (χ4v) is 2.95. The number of halogens is 1. The molecule has 142 valence electrons. The fraction of sp³-hybridized carbons (Fsp3) is 0.500. The third-order valence-corrected chi connectivity index (χ3v) is 4.49. The molecule has 7 nitrogen and oxygen atoms in total. The number of nitrogens with zero attached hydrogens (tertiary/aromatic N) is 2. The van der Waals surface area contributed by atoms with Gasteiger partial charge in [-0.25, -0.2) is 0 Å². The van der Waals surface area contributed by atoms with Crippen LogP contribution < -0.4 is 15.4 Å². The number of aryl methyl sites for hydroxylation is 1. The summed E-state index contributed by atoms with van der Waals surface area (Å²) in [6.07, 6.45) is 2.88. The second kappa shape index (κ2) is 9.54. The number of hydrogen-bond donors (Lipinski definition) is 2. The average Bonchev–Trinajstić information content (AvgIpc) is 3.11. The van der Waals surface area contributed by atoms with E-state index in [1.807, 2.05) is 24.3 Å². The Morgan fingerprint density at radius 3 is 2.85 bits per heavy atom. The molecule has 1 amide bonds. The SMILES string of the molecule is COc1ccc(-c2noc(CCC(=O)NC3CCCNC3C)n2)cc1.Cl. The number of amides is 1. The standard InChI is InChI=1S/C18H24N4O3.ClH/c1-12-15(4-3-11-19-12)20-16(23)9-10-17-21-18(22-25-17)13-5-7-14(24-2)8-6-13;/h5-8,12,15,19H,3-4,9-11H2,1-2H3,(H,20,23);1H. The van der Waals surface area contributed by atoms with Gasteiger partial charge >= 0.3 is 0 Å². The largest absolute Gasteiger partial charge is 0.497 e. The maximum absolute atomic E-state index is 12.1. The molecule has 0 bridgehead atoms. The third kappa shape index (κ3) is 5.19. The smallest absolute Gasteiger partial charge is 0.227 e. The van der Waals surface area contributed by atoms with E-state index in [4.69, 9.17) is 9.26 Å². The third-order valence-electron chi connectivity index (χ3n) is 4.49. The minimum absolute atomic E-state index is 0. The van der Waals surface area contributed by atoms with Gasteiger partial charge in [0.2, 0.25) is 17.6 Å². The zero-order valence-corrected chi connectivity index (χ0v) is 15.8. The van der Waals surface area contributed by atoms with E-state index >= 15 is 0 Å². The summed E-state index contributed by atoms with van der Waals surface area (Å²) in [6.45, 7) is 3.12. The molecule has 1 aliphatic rings. The minimum Gasteiger partial charge on any atom is -0.497 e. The lowest BCUT2D eigenvalue weighted by Gasteiger charge is -2.30. The van der Waals surface area contributed by atoms with Crippen LogP contribution in [-0.2, 0) is 11.2 Å². The normalized spacial score (nSPS) is 19.5. The molecular formula is C18H25ClN4O3. The second-order valence-corrected chi connectivity index (χ2v) is 6.30. The van der Waals surface area contributed by atoms with E-state index in [0.29, 0.717) is 30.6 Å². The number of aromatic nitrogens is 2. The Bertz CT molecular complexity index is 705. The maximum atomic E-state index is 12.1. The molecule has 2 N–H and O–H groups in total. The molecule has 0 radical (unpaired) electrons. The lowest BCUT2D eigenvalue weighted by molar-refractivity contribution is -0.122. The lowest BCUT2D eigenvalue weighted by atomic mass is 10.00. The summed E-state index contributed by atoms with van der Waals surface area (Å²) in [7, 11) is 1.62. The number of methoxy groups -OCH3 is 1. The topological polar surface area (TPSA) is 89.3 Å². The van der Waals surface area contributed by atoms with Gasteiger partial charge in [-0.3, -0.25) is 4.79 Å². The van der Waals surface area contributed by atoms with Crippen molar-refractivity contribution in [3.63, 3.8) is 0 Å². The molecular weight excluding hydrogens is 356 g/mol. The van der Waals surface area contributed by atoms with Crippen LogP contribution in [0.5, 0.6) is 5.75 Å². The van der Waals surface area contributed by atoms with Gasteiger partial charge in [0.25, 0.3) is 0 Å². The van der Waals surface area contributed by atoms with Gasteiger partial charge in [0.1, 0.15) is 5.75 Å². The number of benzene rings is 1. The molecule has 2 unspecified atom stereocenters. The molecule has 0 saturated carbocycles. The van der Waals surface area contributed by atoms with Crippen LogP contribution in [0.15, 0.2) is 28.8 Å². The Balaban J connectivity index is 0.00000243. The summed E-state index contributed by atoms with van der Waals surface area (Å²) in [5.74, 6) is 1.78. The van der Waals surface area contributed by atoms with Crippen molar-refractivity contribution < 1.29 is 14.1 Å². The van der Waals surface area contributed by atoms with Crippen LogP contribution in [0.1, 0.15) is 32.1 Å². The van der Waals surface area contributed by atoms with E-state index in [9.17, 15) is 4.79 Å². The van der Waals surface area contributed by atoms with Gasteiger partial charge in [0, 0.05) is 30.5 Å². The summed E-state index contributed by atoms with van der Waals surface area (Å²) in [5, 5.41) is 10.4. The number of carbonyl (C=O) groups is 1. The Hall–Kier alpha value is -2.12. The highest BCUT2D eigenvalue weighted by Gasteiger charge is 2.22. The van der Waals surface area contributed by atoms with Crippen LogP contribution in [0, 0.1) is 0 Å². The first-order chi connectivity index (χ1) is 12.2. The molecule has 2 atom stereocenters. The van der Waals surface area contributed by atoms with Crippen molar-refractivity contribution in [3.05, 3.63) is 30.2 Å². The van der Waals surface area contributed by atoms with Crippen LogP contribution in [-0.4, -0.2) is 41.8 Å². The van der Waals surface area contributed by atoms with Crippen molar-refractivity contribution in [1.82, 2.24) is 20.8 Å². The predicted octanol–water partition coefficient (Wildman–Crippen LogP) is 2.36. The Kier molecular flexibility index (Phi) is 7.41. The summed E-state index contributed by atoms with van der Waals surface area (Å²) in [5.41, 5.74) is 0.849. The van der Waals surface area contributed by atoms with Crippen LogP contribution in [0.4, 0.5) is 0 Å². The van der Waals surface area contributed by atoms with Gasteiger partial charge in [-0.15, -0.1) is 12.4 Å². The van der Waals surface area contributed by atoms with Crippen molar-refractivity contribution in [3.8, 4) is 17.1 Å². The maximum Gasteiger partial charge on any atom is 0.227 e. The molecule has 1 fully saturated rings. The number of piperidine rings is 1. The number of rotatable bonds is 6. The first-order valence-corrected chi connectivity index (χ1v) is 8.65. The zero-order valence-electron chi connectivity index (χ0n) is 15.0. The van der Waals surface area contributed by atoms with Crippen molar-refractivity contribution in [2.24, 2.45) is 0 Å². The van der Waals surface area contributed by atoms with Gasteiger partial charge in [0.05, 0.1) is 7.11 Å². The highest BCUT2D eigenvalue weighted by atomic mass is 35.5. The van der Waals surface area contributed by atoms with E-state index in [1.165, 1.54) is 0 Å². The Labute approximate surface area is 159 Å². The molecule has 2 aromatic rings. The van der Waals surface area contributed by atoms with Crippen LogP contribution in [0.3, 0.4) is 0 Å². The summed E-state index contributed by atoms with van der Waals surface area (Å²) < 4.78 is 10.4. The van der Waals surface area contributed by atoms with Gasteiger partial charge in [-0.1, -0.05) is 5.16 Å². The molecule has 2 heterocycles. The highest BCUT2D eigenvalue weighted by Crippen LogP contribution is 2.20. The van der Waals surface area contributed by atoms with Crippen molar-refractivity contribution >= 4 is 18.3 Å². The van der Waals surface area contributed by atoms with Crippen LogP contribution in [0.2, 0.25) is 0 Å². The zero-order chi connectivity index (χ0) is 17.6. The molecule has 1 aromatic carbocycles. The number of nitrogens with one attached hydrogen (secondary N) is 2. The average molecular weight is 381 g/mol. The fourth-order valence-electron chi connectivity index (χ4n) is 2.95. The predicted molar refractivity (Wildman–Crippen MR) is 100 cm³/mol. The van der Waals surface area contributed by atoms with Gasteiger partial charge in [0.15, 0.2) is 0 Å².